The number of hydrogen-bond acceptors (Lipinski definition) is 24. The first-order valence-electron chi connectivity index (χ1n) is 49.1. The molecule has 150 heavy (non-hydrogen) atoms. The maximum Gasteiger partial charge on any atom is 2.00 e. The van der Waals surface area contributed by atoms with Crippen molar-refractivity contribution in [2.24, 2.45) is 0 Å². The van der Waals surface area contributed by atoms with Crippen molar-refractivity contribution < 1.29 is 134 Å². The summed E-state index contributed by atoms with van der Waals surface area (Å²) in [7, 11) is 6.54. The minimum atomic E-state index is -0.731. The van der Waals surface area contributed by atoms with Crippen molar-refractivity contribution in [3.8, 4) is 113 Å². The molecule has 0 saturated carbocycles. The number of carbonyl (C=O) groups is 2. The number of aromatic nitrogens is 8. The molecule has 0 unspecified atom stereocenters. The van der Waals surface area contributed by atoms with E-state index in [9.17, 15) is 9.59 Å². The monoisotopic (exact) mass is 2120 g/mol. The van der Waals surface area contributed by atoms with Crippen molar-refractivity contribution in [2.45, 2.75) is 52.7 Å². The van der Waals surface area contributed by atoms with Crippen LogP contribution in [0.1, 0.15) is 98.2 Å². The molecule has 0 saturated heterocycles. The zero-order valence-electron chi connectivity index (χ0n) is 86.2. The number of fused-ring (bicyclic) bond motifs is 16. The molecule has 0 atom stereocenters. The van der Waals surface area contributed by atoms with Gasteiger partial charge in [0.1, 0.15) is 60.6 Å². The Morgan fingerprint density at radius 2 is 0.473 bits per heavy atom. The topological polar surface area (TPSA) is 332 Å². The maximum absolute atomic E-state index is 13.2. The standard InChI is InChI=1S/C118H122N10O20.2Zn/c1-117(2,3)147-115(129)119-85-31-27-79(28-32-85)109-97-43-47-105(125-97)111(81-17-13-21-87(75-81)143-71-67-139-63-59-135-55-51-131-7)101-39-35-93(121-101)91(94-36-40-102(122-94)112(106-48-44-98(109)126-106)82-18-14-22-88(76-82)144-72-68-140-64-60-136-56-52-132-8)25-11-12-26-92-95-37-41-103(123-95)113(83-19-15-23-89(77-83)145-73-69-141-65-61-137-57-53-133-9)107-49-45-99(127-107)110(80-29-33-86(34-30-80)120-116(130)148-118(4,5)6)100-46-50-108(128-100)114(104-42-38-96(92)124-104)84-20-16-24-90(78-84)146-74-70-142-66-62-138-58-54-134-10;;/h13-24,27-50,75-78H,51-74H2,1-10H3,(H4-2,119,120,121,122,123,124,125,126,127,128,129,130);;/q-2;2*+2/p-2. The van der Waals surface area contributed by atoms with Gasteiger partial charge in [-0.2, -0.15) is 0 Å². The van der Waals surface area contributed by atoms with E-state index in [1.54, 1.807) is 28.4 Å². The molecule has 0 fully saturated rings. The summed E-state index contributed by atoms with van der Waals surface area (Å²) in [4.78, 5) is 71.0. The minimum Gasteiger partial charge on any atom is -0.657 e. The smallest absolute Gasteiger partial charge is 0.657 e. The van der Waals surface area contributed by atoms with Crippen molar-refractivity contribution in [3.63, 3.8) is 0 Å². The number of nitrogens with zero attached hydrogens (tertiary/aromatic N) is 8. The molecule has 4 aliphatic heterocycles. The van der Waals surface area contributed by atoms with Crippen LogP contribution in [0.5, 0.6) is 23.0 Å². The zero-order chi connectivity index (χ0) is 103. The van der Waals surface area contributed by atoms with Gasteiger partial charge in [0, 0.05) is 50.9 Å². The Kier molecular flexibility index (Phi) is 41.8. The van der Waals surface area contributed by atoms with Gasteiger partial charge in [0.05, 0.1) is 178 Å². The van der Waals surface area contributed by atoms with Crippen LogP contribution in [0.25, 0.3) is 160 Å². The Balaban J connectivity index is 0.00000886. The summed E-state index contributed by atoms with van der Waals surface area (Å²) in [6, 6.07) is 62.0. The molecule has 6 aromatic carbocycles. The van der Waals surface area contributed by atoms with Crippen molar-refractivity contribution in [1.29, 1.82) is 0 Å². The van der Waals surface area contributed by atoms with Gasteiger partial charge in [-0.15, -0.1) is 44.1 Å². The normalized spacial score (nSPS) is 11.8. The van der Waals surface area contributed by atoms with E-state index in [4.69, 9.17) is 125 Å². The fraction of sp³-hybridized carbons (Fsp3) is 0.305. The molecule has 766 valence electrons. The van der Waals surface area contributed by atoms with Gasteiger partial charge in [-0.05, 0) is 242 Å². The number of ether oxygens (including phenoxy) is 18. The fourth-order valence-electron chi connectivity index (χ4n) is 16.4. The third kappa shape index (κ3) is 31.4. The van der Waals surface area contributed by atoms with E-state index >= 15 is 0 Å². The van der Waals surface area contributed by atoms with Crippen LogP contribution in [-0.4, -0.2) is 230 Å². The molecule has 0 spiro atoms. The summed E-state index contributed by atoms with van der Waals surface area (Å²) in [6.45, 7) is 20.1. The van der Waals surface area contributed by atoms with Crippen molar-refractivity contribution in [1.82, 2.24) is 39.9 Å². The third-order valence-corrected chi connectivity index (χ3v) is 23.0. The molecular weight excluding hydrogens is 2010 g/mol. The first-order valence-corrected chi connectivity index (χ1v) is 49.1. The van der Waals surface area contributed by atoms with Crippen LogP contribution in [0.3, 0.4) is 0 Å². The largest absolute Gasteiger partial charge is 2.00 e. The molecule has 4 aliphatic rings. The molecule has 6 aromatic heterocycles. The van der Waals surface area contributed by atoms with Gasteiger partial charge in [-0.1, -0.05) is 133 Å². The number of amides is 2. The van der Waals surface area contributed by atoms with Gasteiger partial charge < -0.3 is 105 Å². The summed E-state index contributed by atoms with van der Waals surface area (Å²) in [5.74, 6) is 16.1. The molecule has 32 heteroatoms. The molecule has 30 nitrogen and oxygen atoms in total. The van der Waals surface area contributed by atoms with Crippen LogP contribution >= 0.6 is 0 Å². The minimum absolute atomic E-state index is 0. The summed E-state index contributed by atoms with van der Waals surface area (Å²) in [5, 5.41) is 5.79. The molecule has 10 heterocycles. The second-order valence-electron chi connectivity index (χ2n) is 36.0. The average molecular weight is 2130 g/mol. The Morgan fingerprint density at radius 3 is 0.720 bits per heavy atom. The van der Waals surface area contributed by atoms with E-state index in [-0.39, 0.29) is 65.4 Å². The number of nitrogens with one attached hydrogen (secondary N) is 2. The Morgan fingerprint density at radius 1 is 0.260 bits per heavy atom. The second kappa shape index (κ2) is 56.1. The van der Waals surface area contributed by atoms with Crippen LogP contribution in [0.15, 0.2) is 194 Å². The zero-order valence-corrected chi connectivity index (χ0v) is 92.2. The molecule has 16 rings (SSSR count). The summed E-state index contributed by atoms with van der Waals surface area (Å²) < 4.78 is 104. The number of carbonyl (C=O) groups excluding carboxylic acids is 2. The van der Waals surface area contributed by atoms with Crippen LogP contribution in [0, 0.1) is 23.7 Å². The Hall–Kier alpha value is -13.9. The van der Waals surface area contributed by atoms with Gasteiger partial charge in [0.2, 0.25) is 0 Å². The predicted molar refractivity (Wildman–Crippen MR) is 576 cm³/mol. The van der Waals surface area contributed by atoms with Crippen molar-refractivity contribution in [2.75, 3.05) is 198 Å². The molecule has 0 aliphatic carbocycles. The molecule has 2 N–H and O–H groups in total. The van der Waals surface area contributed by atoms with Gasteiger partial charge in [-0.3, -0.25) is 10.6 Å². The fourth-order valence-corrected chi connectivity index (χ4v) is 16.4. The van der Waals surface area contributed by atoms with E-state index < -0.39 is 23.4 Å². The average Bonchev–Trinajstić information content (AvgIpc) is 1.62. The van der Waals surface area contributed by atoms with E-state index in [0.29, 0.717) is 301 Å². The third-order valence-electron chi connectivity index (χ3n) is 23.0. The molecule has 16 bridgehead atoms. The Bertz CT molecular complexity index is 6700. The van der Waals surface area contributed by atoms with Gasteiger partial charge >= 0.3 is 51.1 Å². The number of hydrogen-bond donors (Lipinski definition) is 2. The summed E-state index contributed by atoms with van der Waals surface area (Å²) >= 11 is 0. The first kappa shape index (κ1) is 112. The van der Waals surface area contributed by atoms with Crippen LogP contribution in [0.2, 0.25) is 0 Å². The summed E-state index contributed by atoms with van der Waals surface area (Å²) in [6.07, 6.45) is 14.5. The maximum atomic E-state index is 13.2. The second-order valence-corrected chi connectivity index (χ2v) is 36.0. The van der Waals surface area contributed by atoms with Crippen molar-refractivity contribution >= 4 is 116 Å². The van der Waals surface area contributed by atoms with E-state index in [1.807, 2.05) is 284 Å². The van der Waals surface area contributed by atoms with Crippen LogP contribution < -0.4 is 49.5 Å². The van der Waals surface area contributed by atoms with Gasteiger partial charge in [0.15, 0.2) is 0 Å². The Labute approximate surface area is 898 Å². The van der Waals surface area contributed by atoms with E-state index in [0.717, 1.165) is 33.4 Å². The van der Waals surface area contributed by atoms with Crippen LogP contribution in [0.4, 0.5) is 21.0 Å². The first-order chi connectivity index (χ1) is 72.3. The summed E-state index contributed by atoms with van der Waals surface area (Å²) in [5.41, 5.74) is 17.9. The van der Waals surface area contributed by atoms with E-state index in [1.165, 1.54) is 0 Å². The molecule has 2 amide bonds. The molecule has 0 radical (unpaired) electrons. The van der Waals surface area contributed by atoms with Gasteiger partial charge in [-0.25, -0.2) is 29.5 Å². The van der Waals surface area contributed by atoms with Crippen molar-refractivity contribution in [3.05, 3.63) is 251 Å². The SMILES string of the molecule is COCCOCCOCCOc1cccc(-c2c3nc(c(-c4ccc(NC(=O)OC(C)(C)C)cc4)c4ccc([n-]4)c(-c4cccc(OCCOCCOCCOC)c4)c4nc(c(C#CC#Cc5c6nc(c(-c7cccc(OCCOCCOCCOC)c7)c7ccc([n-]7)c(-c7ccc(NC(=O)OC(C)(C)C)cc7)c7nc(c(-c8cccc(OCCOCCOCCOC)c8)c8ccc5[n-]8)C=C7)C=C6)c5ccc2[n-]5)C=C4)C=C3)c1.[Zn+2].[Zn+2]. The van der Waals surface area contributed by atoms with Crippen LogP contribution in [-0.2, 0) is 105 Å². The quantitative estimate of drug-likeness (QED) is 0.0203. The number of benzene rings is 6. The number of anilines is 2. The predicted octanol–water partition coefficient (Wildman–Crippen LogP) is 20.5. The number of rotatable bonds is 48. The number of methoxy groups -OCH3 is 4. The van der Waals surface area contributed by atoms with Gasteiger partial charge in [0.25, 0.3) is 0 Å². The molecular formula is C118H120N10O20Zn2. The van der Waals surface area contributed by atoms with E-state index in [2.05, 4.69) is 34.3 Å². The molecule has 12 aromatic rings.